The van der Waals surface area contributed by atoms with Crippen molar-refractivity contribution in [3.05, 3.63) is 29.3 Å². The zero-order valence-corrected chi connectivity index (χ0v) is 13.6. The quantitative estimate of drug-likeness (QED) is 0.662. The highest BCUT2D eigenvalue weighted by molar-refractivity contribution is 5.93. The molecule has 0 aromatic heterocycles. The normalized spacial score (nSPS) is 20.8. The first kappa shape index (κ1) is 16.2. The van der Waals surface area contributed by atoms with Crippen LogP contribution in [0.3, 0.4) is 0 Å². The molecule has 0 unspecified atom stereocenters. The molecule has 4 nitrogen and oxygen atoms in total. The van der Waals surface area contributed by atoms with E-state index in [2.05, 4.69) is 22.4 Å². The molecule has 0 saturated carbocycles. The van der Waals surface area contributed by atoms with E-state index in [4.69, 9.17) is 10.5 Å². The van der Waals surface area contributed by atoms with Crippen molar-refractivity contribution in [2.24, 2.45) is 16.1 Å². The van der Waals surface area contributed by atoms with Gasteiger partial charge < -0.3 is 15.8 Å². The van der Waals surface area contributed by atoms with E-state index in [-0.39, 0.29) is 6.67 Å². The number of hydrogen-bond acceptors (Lipinski definition) is 2. The first-order valence-electron chi connectivity index (χ1n) is 8.54. The Kier molecular flexibility index (Phi) is 5.16. The van der Waals surface area contributed by atoms with E-state index >= 15 is 0 Å². The van der Waals surface area contributed by atoms with Crippen LogP contribution in [0.5, 0.6) is 0 Å². The van der Waals surface area contributed by atoms with Crippen LogP contribution in [0.4, 0.5) is 10.1 Å². The number of nitrogens with zero attached hydrogens (tertiary/aromatic N) is 1. The smallest absolute Gasteiger partial charge is 0.193 e. The number of guanidine groups is 1. The molecule has 23 heavy (non-hydrogen) atoms. The molecular weight excluding hydrogens is 293 g/mol. The lowest BCUT2D eigenvalue weighted by Crippen LogP contribution is -2.36. The van der Waals surface area contributed by atoms with E-state index in [1.165, 1.54) is 24.0 Å². The number of aliphatic imine (C=N–C) groups is 1. The summed E-state index contributed by atoms with van der Waals surface area (Å²) in [6, 6.07) is 6.29. The van der Waals surface area contributed by atoms with Gasteiger partial charge >= 0.3 is 0 Å². The van der Waals surface area contributed by atoms with Gasteiger partial charge in [-0.1, -0.05) is 12.1 Å². The highest BCUT2D eigenvalue weighted by atomic mass is 19.1. The van der Waals surface area contributed by atoms with Crippen molar-refractivity contribution in [3.63, 3.8) is 0 Å². The van der Waals surface area contributed by atoms with Crippen LogP contribution >= 0.6 is 0 Å². The molecule has 1 aromatic carbocycles. The Morgan fingerprint density at radius 2 is 2.04 bits per heavy atom. The summed E-state index contributed by atoms with van der Waals surface area (Å²) in [4.78, 5) is 4.42. The molecule has 0 spiro atoms. The van der Waals surface area contributed by atoms with E-state index in [1.54, 1.807) is 0 Å². The molecule has 1 aliphatic carbocycles. The summed E-state index contributed by atoms with van der Waals surface area (Å²) in [6.45, 7) is 1.27. The third kappa shape index (κ3) is 3.83. The molecule has 0 amide bonds. The first-order valence-corrected chi connectivity index (χ1v) is 8.54. The van der Waals surface area contributed by atoms with Crippen molar-refractivity contribution in [2.45, 2.75) is 38.5 Å². The average molecular weight is 319 g/mol. The first-order chi connectivity index (χ1) is 11.2. The number of rotatable bonds is 4. The summed E-state index contributed by atoms with van der Waals surface area (Å²) >= 11 is 0. The van der Waals surface area contributed by atoms with Crippen LogP contribution in [-0.2, 0) is 17.6 Å². The summed E-state index contributed by atoms with van der Waals surface area (Å²) in [5, 5.41) is 3.22. The molecule has 1 heterocycles. The fourth-order valence-electron chi connectivity index (χ4n) is 3.47. The highest BCUT2D eigenvalue weighted by Crippen LogP contribution is 2.31. The van der Waals surface area contributed by atoms with Crippen LogP contribution in [0.2, 0.25) is 0 Å². The number of nitrogens with one attached hydrogen (secondary N) is 1. The van der Waals surface area contributed by atoms with Crippen LogP contribution in [0.15, 0.2) is 23.2 Å². The minimum Gasteiger partial charge on any atom is -0.381 e. The summed E-state index contributed by atoms with van der Waals surface area (Å²) in [6.07, 6.45) is 6.10. The van der Waals surface area contributed by atoms with E-state index in [9.17, 15) is 4.39 Å². The number of aryl methyl sites for hydroxylation is 1. The van der Waals surface area contributed by atoms with Gasteiger partial charge in [0.25, 0.3) is 0 Å². The number of ether oxygens (including phenoxy) is 1. The second-order valence-electron chi connectivity index (χ2n) is 6.72. The SMILES string of the molecule is NC(=NCC1(CF)CCOCC1)Nc1cccc2c1CCCC2. The Labute approximate surface area is 137 Å². The number of benzene rings is 1. The van der Waals surface area contributed by atoms with Crippen LogP contribution in [0, 0.1) is 5.41 Å². The summed E-state index contributed by atoms with van der Waals surface area (Å²) < 4.78 is 18.8. The van der Waals surface area contributed by atoms with Crippen LogP contribution in [-0.4, -0.2) is 32.4 Å². The minimum atomic E-state index is -0.402. The standard InChI is InChI=1S/C18H26FN3O/c19-12-18(8-10-23-11-9-18)13-21-17(20)22-16-7-3-5-14-4-1-2-6-15(14)16/h3,5,7H,1-2,4,6,8-13H2,(H3,20,21,22). The molecule has 3 rings (SSSR count). The fourth-order valence-corrected chi connectivity index (χ4v) is 3.47. The molecule has 0 atom stereocenters. The number of alkyl halides is 1. The Bertz CT molecular complexity index is 567. The number of fused-ring (bicyclic) bond motifs is 1. The molecule has 0 bridgehead atoms. The second-order valence-corrected chi connectivity index (χ2v) is 6.72. The van der Waals surface area contributed by atoms with E-state index < -0.39 is 5.41 Å². The molecule has 1 aromatic rings. The summed E-state index contributed by atoms with van der Waals surface area (Å²) in [7, 11) is 0. The molecule has 1 aliphatic heterocycles. The van der Waals surface area contributed by atoms with Gasteiger partial charge in [-0.25, -0.2) is 0 Å². The Hall–Kier alpha value is -1.62. The van der Waals surface area contributed by atoms with Crippen molar-refractivity contribution in [3.8, 4) is 0 Å². The number of hydrogen-bond donors (Lipinski definition) is 2. The van der Waals surface area contributed by atoms with Crippen molar-refractivity contribution >= 4 is 11.6 Å². The maximum absolute atomic E-state index is 13.5. The van der Waals surface area contributed by atoms with Crippen molar-refractivity contribution in [1.29, 1.82) is 0 Å². The van der Waals surface area contributed by atoms with Crippen molar-refractivity contribution in [1.82, 2.24) is 0 Å². The van der Waals surface area contributed by atoms with Gasteiger partial charge in [0.05, 0.1) is 13.2 Å². The van der Waals surface area contributed by atoms with E-state index in [0.717, 1.165) is 18.5 Å². The van der Waals surface area contributed by atoms with Crippen LogP contribution in [0.1, 0.15) is 36.8 Å². The number of halogens is 1. The third-order valence-corrected chi connectivity index (χ3v) is 5.08. The number of anilines is 1. The maximum Gasteiger partial charge on any atom is 0.193 e. The summed E-state index contributed by atoms with van der Waals surface area (Å²) in [5.74, 6) is 0.378. The van der Waals surface area contributed by atoms with Gasteiger partial charge in [-0.2, -0.15) is 0 Å². The molecule has 3 N–H and O–H groups in total. The molecular formula is C18H26FN3O. The predicted molar refractivity (Wildman–Crippen MR) is 91.7 cm³/mol. The zero-order valence-electron chi connectivity index (χ0n) is 13.6. The average Bonchev–Trinajstić information content (AvgIpc) is 2.61. The zero-order chi connectivity index (χ0) is 16.1. The maximum atomic E-state index is 13.5. The molecule has 1 fully saturated rings. The molecule has 0 radical (unpaired) electrons. The molecule has 5 heteroatoms. The van der Waals surface area contributed by atoms with Gasteiger partial charge in [0.2, 0.25) is 0 Å². The minimum absolute atomic E-state index is 0.367. The fraction of sp³-hybridized carbons (Fsp3) is 0.611. The third-order valence-electron chi connectivity index (χ3n) is 5.08. The Morgan fingerprint density at radius 1 is 1.26 bits per heavy atom. The lowest BCUT2D eigenvalue weighted by molar-refractivity contribution is 0.00696. The topological polar surface area (TPSA) is 59.6 Å². The van der Waals surface area contributed by atoms with Gasteiger partial charge in [-0.15, -0.1) is 0 Å². The largest absolute Gasteiger partial charge is 0.381 e. The lowest BCUT2D eigenvalue weighted by atomic mass is 9.82. The molecule has 2 aliphatic rings. The van der Waals surface area contributed by atoms with E-state index in [0.29, 0.717) is 38.6 Å². The Balaban J connectivity index is 1.68. The monoisotopic (exact) mass is 319 g/mol. The Morgan fingerprint density at radius 3 is 2.83 bits per heavy atom. The second kappa shape index (κ2) is 7.30. The van der Waals surface area contributed by atoms with Gasteiger partial charge in [0.15, 0.2) is 5.96 Å². The van der Waals surface area contributed by atoms with E-state index in [1.807, 2.05) is 6.07 Å². The van der Waals surface area contributed by atoms with Gasteiger partial charge in [-0.05, 0) is 55.7 Å². The van der Waals surface area contributed by atoms with Crippen LogP contribution < -0.4 is 11.1 Å². The molecule has 126 valence electrons. The number of nitrogens with two attached hydrogens (primary N) is 1. The molecule has 1 saturated heterocycles. The van der Waals surface area contributed by atoms with Crippen molar-refractivity contribution < 1.29 is 9.13 Å². The van der Waals surface area contributed by atoms with Gasteiger partial charge in [0.1, 0.15) is 0 Å². The lowest BCUT2D eigenvalue weighted by Gasteiger charge is -2.33. The highest BCUT2D eigenvalue weighted by Gasteiger charge is 2.32. The van der Waals surface area contributed by atoms with Gasteiger partial charge in [0, 0.05) is 24.3 Å². The van der Waals surface area contributed by atoms with Crippen LogP contribution in [0.25, 0.3) is 0 Å². The van der Waals surface area contributed by atoms with Gasteiger partial charge in [-0.3, -0.25) is 9.38 Å². The van der Waals surface area contributed by atoms with Crippen molar-refractivity contribution in [2.75, 3.05) is 31.7 Å². The summed E-state index contributed by atoms with van der Waals surface area (Å²) in [5.41, 5.74) is 9.45. The predicted octanol–water partition coefficient (Wildman–Crippen LogP) is 3.06.